The number of halogens is 1. The zero-order valence-corrected chi connectivity index (χ0v) is 18.6. The van der Waals surface area contributed by atoms with E-state index in [1.165, 1.54) is 0 Å². The molecule has 1 amide bonds. The highest BCUT2D eigenvalue weighted by Crippen LogP contribution is 2.21. The standard InChI is InChI=1S/C19H32N4O.HI/c1-14(10-11-19(2,3)4)23-18(21-6)22-13-15-8-7-9-16(12-15)17(24)20-5;/h7-9,12,14H,10-11,13H2,1-6H3,(H,20,24)(H2,21,22,23);1H. The van der Waals surface area contributed by atoms with Gasteiger partial charge >= 0.3 is 0 Å². The van der Waals surface area contributed by atoms with Crippen LogP contribution in [0.5, 0.6) is 0 Å². The van der Waals surface area contributed by atoms with Gasteiger partial charge < -0.3 is 16.0 Å². The topological polar surface area (TPSA) is 65.5 Å². The van der Waals surface area contributed by atoms with E-state index in [4.69, 9.17) is 0 Å². The molecule has 3 N–H and O–H groups in total. The zero-order valence-electron chi connectivity index (χ0n) is 16.3. The molecule has 0 aliphatic rings. The normalized spacial score (nSPS) is 12.8. The number of nitrogens with one attached hydrogen (secondary N) is 3. The Hall–Kier alpha value is -1.31. The van der Waals surface area contributed by atoms with E-state index in [0.717, 1.165) is 24.4 Å². The molecular weight excluding hydrogens is 427 g/mol. The molecule has 1 unspecified atom stereocenters. The predicted molar refractivity (Wildman–Crippen MR) is 117 cm³/mol. The van der Waals surface area contributed by atoms with Crippen LogP contribution in [0.15, 0.2) is 29.3 Å². The first-order valence-electron chi connectivity index (χ1n) is 8.53. The number of carbonyl (C=O) groups excluding carboxylic acids is 1. The van der Waals surface area contributed by atoms with E-state index in [1.807, 2.05) is 24.3 Å². The molecule has 0 heterocycles. The highest BCUT2D eigenvalue weighted by Gasteiger charge is 2.13. The van der Waals surface area contributed by atoms with E-state index in [9.17, 15) is 4.79 Å². The van der Waals surface area contributed by atoms with Crippen molar-refractivity contribution in [3.05, 3.63) is 35.4 Å². The number of rotatable bonds is 6. The Labute approximate surface area is 169 Å². The molecule has 6 heteroatoms. The maximum atomic E-state index is 11.7. The monoisotopic (exact) mass is 460 g/mol. The number of nitrogens with zero attached hydrogens (tertiary/aromatic N) is 1. The quantitative estimate of drug-likeness (QED) is 0.346. The van der Waals surface area contributed by atoms with E-state index in [0.29, 0.717) is 23.6 Å². The largest absolute Gasteiger partial charge is 0.355 e. The van der Waals surface area contributed by atoms with Crippen LogP contribution < -0.4 is 16.0 Å². The number of hydrogen-bond donors (Lipinski definition) is 3. The fraction of sp³-hybridized carbons (Fsp3) is 0.579. The van der Waals surface area contributed by atoms with Crippen molar-refractivity contribution in [1.82, 2.24) is 16.0 Å². The minimum Gasteiger partial charge on any atom is -0.355 e. The lowest BCUT2D eigenvalue weighted by Crippen LogP contribution is -2.42. The van der Waals surface area contributed by atoms with Crippen molar-refractivity contribution >= 4 is 35.8 Å². The van der Waals surface area contributed by atoms with Crippen LogP contribution in [0, 0.1) is 5.41 Å². The van der Waals surface area contributed by atoms with E-state index in [2.05, 4.69) is 48.6 Å². The minimum atomic E-state index is -0.0739. The summed E-state index contributed by atoms with van der Waals surface area (Å²) >= 11 is 0. The third kappa shape index (κ3) is 9.67. The van der Waals surface area contributed by atoms with Crippen molar-refractivity contribution in [2.45, 2.75) is 53.1 Å². The summed E-state index contributed by atoms with van der Waals surface area (Å²) in [5.74, 6) is 0.705. The van der Waals surface area contributed by atoms with Gasteiger partial charge in [0.25, 0.3) is 5.91 Å². The zero-order chi connectivity index (χ0) is 18.2. The number of guanidine groups is 1. The van der Waals surface area contributed by atoms with Crippen molar-refractivity contribution in [2.75, 3.05) is 14.1 Å². The van der Waals surface area contributed by atoms with Crippen LogP contribution in [-0.4, -0.2) is 32.0 Å². The van der Waals surface area contributed by atoms with Crippen LogP contribution in [0.4, 0.5) is 0 Å². The molecule has 1 aromatic rings. The fourth-order valence-electron chi connectivity index (χ4n) is 2.30. The van der Waals surface area contributed by atoms with Crippen molar-refractivity contribution in [1.29, 1.82) is 0 Å². The van der Waals surface area contributed by atoms with Gasteiger partial charge in [0.1, 0.15) is 0 Å². The van der Waals surface area contributed by atoms with Gasteiger partial charge in [0.2, 0.25) is 0 Å². The molecule has 5 nitrogen and oxygen atoms in total. The van der Waals surface area contributed by atoms with Gasteiger partial charge in [0.15, 0.2) is 5.96 Å². The number of hydrogen-bond acceptors (Lipinski definition) is 2. The van der Waals surface area contributed by atoms with E-state index in [1.54, 1.807) is 14.1 Å². The van der Waals surface area contributed by atoms with Crippen molar-refractivity contribution in [2.24, 2.45) is 10.4 Å². The van der Waals surface area contributed by atoms with E-state index in [-0.39, 0.29) is 29.9 Å². The SMILES string of the molecule is CN=C(NCc1cccc(C(=O)NC)c1)NC(C)CCC(C)(C)C.I. The third-order valence-electron chi connectivity index (χ3n) is 3.81. The molecule has 0 radical (unpaired) electrons. The smallest absolute Gasteiger partial charge is 0.251 e. The van der Waals surface area contributed by atoms with Crippen LogP contribution in [0.2, 0.25) is 0 Å². The minimum absolute atomic E-state index is 0. The van der Waals surface area contributed by atoms with Gasteiger partial charge in [-0.15, -0.1) is 24.0 Å². The second kappa shape index (κ2) is 11.3. The molecule has 25 heavy (non-hydrogen) atoms. The van der Waals surface area contributed by atoms with Gasteiger partial charge in [-0.2, -0.15) is 0 Å². The Morgan fingerprint density at radius 3 is 2.52 bits per heavy atom. The predicted octanol–water partition coefficient (Wildman–Crippen LogP) is 3.54. The first-order chi connectivity index (χ1) is 11.2. The Bertz CT molecular complexity index is 567. The lowest BCUT2D eigenvalue weighted by atomic mass is 9.89. The highest BCUT2D eigenvalue weighted by atomic mass is 127. The lowest BCUT2D eigenvalue weighted by Gasteiger charge is -2.23. The summed E-state index contributed by atoms with van der Waals surface area (Å²) in [5.41, 5.74) is 2.05. The summed E-state index contributed by atoms with van der Waals surface area (Å²) in [4.78, 5) is 16.0. The first-order valence-corrected chi connectivity index (χ1v) is 8.53. The highest BCUT2D eigenvalue weighted by molar-refractivity contribution is 14.0. The number of aliphatic imine (C=N–C) groups is 1. The molecule has 0 bridgehead atoms. The average molecular weight is 460 g/mol. The number of amides is 1. The molecule has 0 aliphatic carbocycles. The maximum Gasteiger partial charge on any atom is 0.251 e. The summed E-state index contributed by atoms with van der Waals surface area (Å²) in [6.07, 6.45) is 2.25. The fourth-order valence-corrected chi connectivity index (χ4v) is 2.30. The van der Waals surface area contributed by atoms with Gasteiger partial charge in [0.05, 0.1) is 0 Å². The molecule has 142 valence electrons. The Morgan fingerprint density at radius 2 is 1.96 bits per heavy atom. The number of carbonyl (C=O) groups is 1. The average Bonchev–Trinajstić information content (AvgIpc) is 2.55. The summed E-state index contributed by atoms with van der Waals surface area (Å²) in [7, 11) is 3.41. The van der Waals surface area contributed by atoms with Crippen molar-refractivity contribution in [3.63, 3.8) is 0 Å². The van der Waals surface area contributed by atoms with Crippen LogP contribution >= 0.6 is 24.0 Å². The van der Waals surface area contributed by atoms with Gasteiger partial charge in [-0.3, -0.25) is 9.79 Å². The summed E-state index contributed by atoms with van der Waals surface area (Å²) in [5, 5.41) is 9.36. The lowest BCUT2D eigenvalue weighted by molar-refractivity contribution is 0.0963. The molecule has 0 aliphatic heterocycles. The first kappa shape index (κ1) is 23.7. The molecule has 0 saturated heterocycles. The molecule has 1 rings (SSSR count). The van der Waals surface area contributed by atoms with Crippen LogP contribution in [0.1, 0.15) is 56.5 Å². The van der Waals surface area contributed by atoms with Crippen molar-refractivity contribution < 1.29 is 4.79 Å². The molecule has 0 spiro atoms. The third-order valence-corrected chi connectivity index (χ3v) is 3.81. The molecule has 0 fully saturated rings. The van der Waals surface area contributed by atoms with Crippen LogP contribution in [-0.2, 0) is 6.54 Å². The Kier molecular flexibility index (Phi) is 10.7. The van der Waals surface area contributed by atoms with Gasteiger partial charge in [-0.25, -0.2) is 0 Å². The van der Waals surface area contributed by atoms with Gasteiger partial charge in [-0.05, 0) is 42.9 Å². The van der Waals surface area contributed by atoms with E-state index >= 15 is 0 Å². The Morgan fingerprint density at radius 1 is 1.28 bits per heavy atom. The molecule has 0 saturated carbocycles. The van der Waals surface area contributed by atoms with Crippen molar-refractivity contribution in [3.8, 4) is 0 Å². The van der Waals surface area contributed by atoms with Gasteiger partial charge in [0, 0.05) is 32.2 Å². The number of benzene rings is 1. The second-order valence-corrected chi connectivity index (χ2v) is 7.35. The second-order valence-electron chi connectivity index (χ2n) is 7.35. The van der Waals surface area contributed by atoms with Crippen LogP contribution in [0.3, 0.4) is 0 Å². The Balaban J connectivity index is 0.00000576. The maximum absolute atomic E-state index is 11.7. The molecule has 0 aromatic heterocycles. The summed E-state index contributed by atoms with van der Waals surface area (Å²) < 4.78 is 0. The molecule has 1 atom stereocenters. The summed E-state index contributed by atoms with van der Waals surface area (Å²) in [6, 6.07) is 7.94. The summed E-state index contributed by atoms with van der Waals surface area (Å²) in [6.45, 7) is 9.56. The molecule has 1 aromatic carbocycles. The van der Waals surface area contributed by atoms with Crippen LogP contribution in [0.25, 0.3) is 0 Å². The molecular formula is C19H33IN4O. The van der Waals surface area contributed by atoms with Gasteiger partial charge in [-0.1, -0.05) is 32.9 Å². The van der Waals surface area contributed by atoms with E-state index < -0.39 is 0 Å².